The molecule has 0 radical (unpaired) electrons. The topological polar surface area (TPSA) is 90.2 Å². The van der Waals surface area contributed by atoms with Crippen molar-refractivity contribution in [2.45, 2.75) is 39.3 Å². The molecule has 2 bridgehead atoms. The molecule has 1 saturated heterocycles. The number of ether oxygens (including phenoxy) is 2. The summed E-state index contributed by atoms with van der Waals surface area (Å²) in [7, 11) is 1.60. The van der Waals surface area contributed by atoms with Crippen molar-refractivity contribution in [2.75, 3.05) is 30.4 Å². The summed E-state index contributed by atoms with van der Waals surface area (Å²) in [5.41, 5.74) is 1.03. The Hall–Kier alpha value is -3.14. The van der Waals surface area contributed by atoms with E-state index >= 15 is 0 Å². The molecular weight excluding hydrogens is 473 g/mol. The van der Waals surface area contributed by atoms with Crippen molar-refractivity contribution in [2.24, 2.45) is 17.8 Å². The second kappa shape index (κ2) is 9.85. The van der Waals surface area contributed by atoms with Crippen molar-refractivity contribution in [3.05, 3.63) is 41.3 Å². The van der Waals surface area contributed by atoms with E-state index in [2.05, 4.69) is 39.2 Å². The first-order valence-electron chi connectivity index (χ1n) is 11.9. The number of nitrogens with one attached hydrogen (secondary N) is 1. The minimum Gasteiger partial charge on any atom is -0.480 e. The summed E-state index contributed by atoms with van der Waals surface area (Å²) in [6.07, 6.45) is 4.06. The summed E-state index contributed by atoms with van der Waals surface area (Å²) < 4.78 is 26.5. The number of hydrogen-bond donors (Lipinski definition) is 1. The highest BCUT2D eigenvalue weighted by atomic mass is 35.5. The maximum absolute atomic E-state index is 13.6. The van der Waals surface area contributed by atoms with Crippen molar-refractivity contribution in [1.29, 1.82) is 0 Å². The van der Waals surface area contributed by atoms with Gasteiger partial charge in [-0.3, -0.25) is 0 Å². The fourth-order valence-corrected chi connectivity index (χ4v) is 5.17. The fraction of sp³-hybridized carbons (Fsp3) is 0.500. The predicted molar refractivity (Wildman–Crippen MR) is 131 cm³/mol. The predicted octanol–water partition coefficient (Wildman–Crippen LogP) is 4.64. The Balaban J connectivity index is 1.32. The van der Waals surface area contributed by atoms with E-state index in [9.17, 15) is 4.39 Å². The molecule has 0 spiro atoms. The molecule has 2 aromatic heterocycles. The van der Waals surface area contributed by atoms with Gasteiger partial charge in [-0.25, -0.2) is 9.07 Å². The Morgan fingerprint density at radius 3 is 2.66 bits per heavy atom. The second-order valence-corrected chi connectivity index (χ2v) is 10.0. The standard InChI is InChI=1S/C24H29ClFN7O2/c1-14(2)11-33-24(35-18-6-7-20(26)19(25)9-18)29-23(31-33)28-22-15-4-5-16(22)13-32(12-15)17-8-21(34-3)30-27-10-17/h6-10,14-16,22H,4-5,11-13H2,1-3H3,(H,28,31)/t15-,16+,22?. The van der Waals surface area contributed by atoms with Gasteiger partial charge >= 0.3 is 6.01 Å². The summed E-state index contributed by atoms with van der Waals surface area (Å²) in [6, 6.07) is 6.80. The molecule has 3 aromatic rings. The summed E-state index contributed by atoms with van der Waals surface area (Å²) in [5.74, 6) is 2.22. The second-order valence-electron chi connectivity index (χ2n) is 9.60. The van der Waals surface area contributed by atoms with Crippen molar-refractivity contribution in [3.8, 4) is 17.6 Å². The van der Waals surface area contributed by atoms with Crippen molar-refractivity contribution in [1.82, 2.24) is 25.0 Å². The highest BCUT2D eigenvalue weighted by Gasteiger charge is 2.43. The molecule has 2 aliphatic rings. The fourth-order valence-electron chi connectivity index (χ4n) is 5.00. The van der Waals surface area contributed by atoms with Crippen LogP contribution in [0.3, 0.4) is 0 Å². The van der Waals surface area contributed by atoms with E-state index in [1.807, 2.05) is 6.07 Å². The zero-order valence-corrected chi connectivity index (χ0v) is 20.7. The van der Waals surface area contributed by atoms with Gasteiger partial charge in [-0.05, 0) is 42.7 Å². The number of halogens is 2. The quantitative estimate of drug-likeness (QED) is 0.477. The molecule has 1 aromatic carbocycles. The van der Waals surface area contributed by atoms with Gasteiger partial charge in [0, 0.05) is 37.8 Å². The largest absolute Gasteiger partial charge is 0.480 e. The number of fused-ring (bicyclic) bond motifs is 2. The third-order valence-corrected chi connectivity index (χ3v) is 6.89. The van der Waals surface area contributed by atoms with Crippen LogP contribution in [-0.2, 0) is 6.54 Å². The van der Waals surface area contributed by atoms with E-state index in [0.29, 0.717) is 47.9 Å². The summed E-state index contributed by atoms with van der Waals surface area (Å²) in [4.78, 5) is 6.99. The van der Waals surface area contributed by atoms with Gasteiger partial charge in [0.1, 0.15) is 11.6 Å². The summed E-state index contributed by atoms with van der Waals surface area (Å²) in [5, 5.41) is 16.3. The molecule has 1 N–H and O–H groups in total. The van der Waals surface area contributed by atoms with Gasteiger partial charge in [0.05, 0.1) is 24.0 Å². The van der Waals surface area contributed by atoms with Gasteiger partial charge in [-0.2, -0.15) is 10.1 Å². The Bertz CT molecular complexity index is 1180. The lowest BCUT2D eigenvalue weighted by Crippen LogP contribution is -2.48. The van der Waals surface area contributed by atoms with Crippen LogP contribution in [0.1, 0.15) is 26.7 Å². The molecule has 2 fully saturated rings. The van der Waals surface area contributed by atoms with Gasteiger partial charge < -0.3 is 19.7 Å². The van der Waals surface area contributed by atoms with Gasteiger partial charge in [0.25, 0.3) is 0 Å². The Labute approximate surface area is 208 Å². The lowest BCUT2D eigenvalue weighted by atomic mass is 9.92. The van der Waals surface area contributed by atoms with Crippen LogP contribution >= 0.6 is 11.6 Å². The third kappa shape index (κ3) is 5.12. The SMILES string of the molecule is COc1cc(N2C[C@H]3CC[C@@H](C2)C3Nc2nc(Oc3ccc(F)c(Cl)c3)n(CC(C)C)n2)cnn1. The van der Waals surface area contributed by atoms with Gasteiger partial charge in [0.2, 0.25) is 11.8 Å². The maximum atomic E-state index is 13.6. The van der Waals surface area contributed by atoms with E-state index in [0.717, 1.165) is 31.6 Å². The normalized spacial score (nSPS) is 21.4. The van der Waals surface area contributed by atoms with Crippen LogP contribution < -0.4 is 19.7 Å². The molecular formula is C24H29ClFN7O2. The minimum absolute atomic E-state index is 0.00104. The third-order valence-electron chi connectivity index (χ3n) is 6.60. The molecule has 11 heteroatoms. The Morgan fingerprint density at radius 1 is 1.20 bits per heavy atom. The van der Waals surface area contributed by atoms with Gasteiger partial charge in [-0.15, -0.1) is 10.2 Å². The van der Waals surface area contributed by atoms with Crippen molar-refractivity contribution >= 4 is 23.2 Å². The molecule has 1 saturated carbocycles. The zero-order valence-electron chi connectivity index (χ0n) is 20.0. The first kappa shape index (κ1) is 23.6. The molecule has 1 unspecified atom stereocenters. The van der Waals surface area contributed by atoms with E-state index in [1.54, 1.807) is 18.0 Å². The van der Waals surface area contributed by atoms with Crippen LogP contribution in [0.25, 0.3) is 0 Å². The van der Waals surface area contributed by atoms with Crippen molar-refractivity contribution < 1.29 is 13.9 Å². The molecule has 35 heavy (non-hydrogen) atoms. The first-order valence-corrected chi connectivity index (χ1v) is 12.2. The average Bonchev–Trinajstić information content (AvgIpc) is 3.29. The van der Waals surface area contributed by atoms with Crippen LogP contribution in [0.2, 0.25) is 5.02 Å². The molecule has 0 amide bonds. The number of nitrogens with zero attached hydrogens (tertiary/aromatic N) is 6. The number of hydrogen-bond acceptors (Lipinski definition) is 8. The molecule has 3 atom stereocenters. The van der Waals surface area contributed by atoms with Crippen LogP contribution in [-0.4, -0.2) is 51.2 Å². The Morgan fingerprint density at radius 2 is 1.97 bits per heavy atom. The number of benzene rings is 1. The van der Waals surface area contributed by atoms with Gasteiger partial charge in [-0.1, -0.05) is 25.4 Å². The number of methoxy groups -OCH3 is 1. The highest BCUT2D eigenvalue weighted by molar-refractivity contribution is 6.30. The summed E-state index contributed by atoms with van der Waals surface area (Å²) in [6.45, 7) is 6.67. The highest BCUT2D eigenvalue weighted by Crippen LogP contribution is 2.40. The summed E-state index contributed by atoms with van der Waals surface area (Å²) >= 11 is 5.92. The lowest BCUT2D eigenvalue weighted by Gasteiger charge is -2.39. The van der Waals surface area contributed by atoms with E-state index < -0.39 is 5.82 Å². The van der Waals surface area contributed by atoms with Crippen molar-refractivity contribution in [3.63, 3.8) is 0 Å². The van der Waals surface area contributed by atoms with E-state index in [1.165, 1.54) is 18.2 Å². The number of anilines is 2. The van der Waals surface area contributed by atoms with E-state index in [4.69, 9.17) is 26.2 Å². The molecule has 1 aliphatic carbocycles. The lowest BCUT2D eigenvalue weighted by molar-refractivity contribution is 0.370. The Kier molecular flexibility index (Phi) is 6.64. The monoisotopic (exact) mass is 501 g/mol. The first-order chi connectivity index (χ1) is 16.9. The van der Waals surface area contributed by atoms with Crippen LogP contribution in [0.15, 0.2) is 30.5 Å². The zero-order chi connectivity index (χ0) is 24.5. The van der Waals surface area contributed by atoms with Crippen LogP contribution in [0, 0.1) is 23.6 Å². The number of aromatic nitrogens is 5. The molecule has 186 valence electrons. The molecule has 3 heterocycles. The average molecular weight is 502 g/mol. The number of piperidine rings is 1. The molecule has 5 rings (SSSR count). The van der Waals surface area contributed by atoms with Crippen LogP contribution in [0.4, 0.5) is 16.0 Å². The number of rotatable bonds is 8. The smallest absolute Gasteiger partial charge is 0.322 e. The maximum Gasteiger partial charge on any atom is 0.322 e. The molecule has 9 nitrogen and oxygen atoms in total. The van der Waals surface area contributed by atoms with Crippen LogP contribution in [0.5, 0.6) is 17.6 Å². The van der Waals surface area contributed by atoms with E-state index in [-0.39, 0.29) is 11.1 Å². The molecule has 1 aliphatic heterocycles. The van der Waals surface area contributed by atoms with Gasteiger partial charge in [0.15, 0.2) is 0 Å². The minimum atomic E-state index is -0.493.